The molecule has 0 saturated carbocycles. The second kappa shape index (κ2) is 7.74. The Balaban J connectivity index is 2.81. The summed E-state index contributed by atoms with van der Waals surface area (Å²) >= 11 is 0. The smallest absolute Gasteiger partial charge is 0.319 e. The summed E-state index contributed by atoms with van der Waals surface area (Å²) in [6, 6.07) is 5.00. The number of hydrogen-bond acceptors (Lipinski definition) is 4. The number of carbonyl (C=O) groups is 1. The second-order valence-corrected chi connectivity index (χ2v) is 4.22. The molecule has 0 atom stereocenters. The molecule has 0 heterocycles. The van der Waals surface area contributed by atoms with Gasteiger partial charge in [0.25, 0.3) is 0 Å². The molecule has 0 saturated heterocycles. The predicted octanol–water partition coefficient (Wildman–Crippen LogP) is 2.22. The molecule has 0 radical (unpaired) electrons. The molecule has 0 fully saturated rings. The highest BCUT2D eigenvalue weighted by Crippen LogP contribution is 2.21. The summed E-state index contributed by atoms with van der Waals surface area (Å²) in [6.07, 6.45) is 0.878. The topological polar surface area (TPSA) is 38.8 Å². The molecule has 0 aromatic heterocycles. The molecule has 1 rings (SSSR count). The van der Waals surface area contributed by atoms with Crippen LogP contribution in [0, 0.1) is 5.82 Å². The van der Waals surface area contributed by atoms with E-state index in [1.807, 2.05) is 11.8 Å². The molecular weight excluding hydrogens is 249 g/mol. The molecule has 0 amide bonds. The number of ether oxygens (including phenoxy) is 2. The van der Waals surface area contributed by atoms with E-state index in [1.54, 1.807) is 18.2 Å². The number of benzene rings is 1. The highest BCUT2D eigenvalue weighted by Gasteiger charge is 2.15. The third-order valence-corrected chi connectivity index (χ3v) is 2.78. The average Bonchev–Trinajstić information content (AvgIpc) is 2.41. The Hall–Kier alpha value is -1.62. The van der Waals surface area contributed by atoms with E-state index in [9.17, 15) is 9.18 Å². The molecule has 19 heavy (non-hydrogen) atoms. The zero-order valence-electron chi connectivity index (χ0n) is 11.6. The lowest BCUT2D eigenvalue weighted by Crippen LogP contribution is -2.31. The van der Waals surface area contributed by atoms with E-state index in [4.69, 9.17) is 4.74 Å². The van der Waals surface area contributed by atoms with Crippen LogP contribution in [0.1, 0.15) is 18.9 Å². The van der Waals surface area contributed by atoms with E-state index in [-0.39, 0.29) is 24.1 Å². The van der Waals surface area contributed by atoms with E-state index in [0.29, 0.717) is 18.7 Å². The fourth-order valence-electron chi connectivity index (χ4n) is 1.85. The molecule has 106 valence electrons. The average molecular weight is 269 g/mol. The molecule has 1 aromatic rings. The quantitative estimate of drug-likeness (QED) is 0.711. The summed E-state index contributed by atoms with van der Waals surface area (Å²) in [5.41, 5.74) is 0.511. The zero-order chi connectivity index (χ0) is 14.3. The molecule has 0 N–H and O–H groups in total. The van der Waals surface area contributed by atoms with Crippen molar-refractivity contribution in [2.24, 2.45) is 0 Å². The van der Waals surface area contributed by atoms with Crippen molar-refractivity contribution in [2.45, 2.75) is 19.9 Å². The molecule has 0 unspecified atom stereocenters. The Kier molecular flexibility index (Phi) is 6.29. The zero-order valence-corrected chi connectivity index (χ0v) is 11.6. The fraction of sp³-hybridized carbons (Fsp3) is 0.500. The maximum absolute atomic E-state index is 14.0. The van der Waals surface area contributed by atoms with E-state index in [2.05, 4.69) is 4.74 Å². The van der Waals surface area contributed by atoms with E-state index >= 15 is 0 Å². The number of nitrogens with zero attached hydrogens (tertiary/aromatic N) is 1. The van der Waals surface area contributed by atoms with Crippen molar-refractivity contribution >= 4 is 5.97 Å². The summed E-state index contributed by atoms with van der Waals surface area (Å²) in [7, 11) is 2.78. The van der Waals surface area contributed by atoms with Gasteiger partial charge >= 0.3 is 5.97 Å². The van der Waals surface area contributed by atoms with Gasteiger partial charge in [-0.3, -0.25) is 9.69 Å². The van der Waals surface area contributed by atoms with Crippen LogP contribution in [0.5, 0.6) is 5.75 Å². The van der Waals surface area contributed by atoms with Gasteiger partial charge < -0.3 is 9.47 Å². The van der Waals surface area contributed by atoms with Crippen LogP contribution in [0.2, 0.25) is 0 Å². The Labute approximate surface area is 113 Å². The van der Waals surface area contributed by atoms with Crippen LogP contribution in [0.4, 0.5) is 4.39 Å². The van der Waals surface area contributed by atoms with E-state index in [0.717, 1.165) is 6.42 Å². The van der Waals surface area contributed by atoms with Crippen LogP contribution < -0.4 is 4.74 Å². The first-order chi connectivity index (χ1) is 9.12. The van der Waals surface area contributed by atoms with Gasteiger partial charge in [-0.1, -0.05) is 19.1 Å². The highest BCUT2D eigenvalue weighted by molar-refractivity contribution is 5.71. The Morgan fingerprint density at radius 3 is 2.68 bits per heavy atom. The highest BCUT2D eigenvalue weighted by atomic mass is 19.1. The predicted molar refractivity (Wildman–Crippen MR) is 70.5 cm³/mol. The summed E-state index contributed by atoms with van der Waals surface area (Å²) in [5, 5.41) is 0. The molecule has 1 aromatic carbocycles. The normalized spacial score (nSPS) is 10.6. The summed E-state index contributed by atoms with van der Waals surface area (Å²) in [5.74, 6) is -0.486. The number of carbonyl (C=O) groups excluding carboxylic acids is 1. The van der Waals surface area contributed by atoms with Gasteiger partial charge in [-0.25, -0.2) is 4.39 Å². The molecular formula is C14H20FNO3. The lowest BCUT2D eigenvalue weighted by molar-refractivity contribution is -0.142. The minimum absolute atomic E-state index is 0.154. The summed E-state index contributed by atoms with van der Waals surface area (Å²) in [6.45, 7) is 3.21. The first-order valence-corrected chi connectivity index (χ1v) is 6.22. The molecule has 0 bridgehead atoms. The van der Waals surface area contributed by atoms with Gasteiger partial charge in [0.2, 0.25) is 0 Å². The molecule has 0 aliphatic heterocycles. The van der Waals surface area contributed by atoms with Gasteiger partial charge in [-0.15, -0.1) is 0 Å². The Morgan fingerprint density at radius 1 is 1.37 bits per heavy atom. The van der Waals surface area contributed by atoms with Crippen molar-refractivity contribution < 1.29 is 18.7 Å². The lowest BCUT2D eigenvalue weighted by Gasteiger charge is -2.21. The van der Waals surface area contributed by atoms with Gasteiger partial charge in [-0.05, 0) is 19.0 Å². The molecule has 0 spiro atoms. The van der Waals surface area contributed by atoms with Gasteiger partial charge in [-0.2, -0.15) is 0 Å². The second-order valence-electron chi connectivity index (χ2n) is 4.22. The maximum Gasteiger partial charge on any atom is 0.319 e. The van der Waals surface area contributed by atoms with Crippen LogP contribution >= 0.6 is 0 Å². The monoisotopic (exact) mass is 269 g/mol. The third-order valence-electron chi connectivity index (χ3n) is 2.78. The van der Waals surface area contributed by atoms with Crippen LogP contribution in [0.3, 0.4) is 0 Å². The number of rotatable bonds is 7. The minimum Gasteiger partial charge on any atom is -0.494 e. The Bertz CT molecular complexity index is 423. The van der Waals surface area contributed by atoms with Crippen molar-refractivity contribution in [3.63, 3.8) is 0 Å². The van der Waals surface area contributed by atoms with Gasteiger partial charge in [0.15, 0.2) is 11.6 Å². The van der Waals surface area contributed by atoms with Crippen molar-refractivity contribution in [1.82, 2.24) is 4.90 Å². The maximum atomic E-state index is 14.0. The van der Waals surface area contributed by atoms with Crippen LogP contribution in [-0.2, 0) is 16.1 Å². The lowest BCUT2D eigenvalue weighted by atomic mass is 10.1. The Morgan fingerprint density at radius 2 is 2.11 bits per heavy atom. The SMILES string of the molecule is CCCN(CC(=O)OC)Cc1cccc(OC)c1F. The van der Waals surface area contributed by atoms with Gasteiger partial charge in [0.05, 0.1) is 20.8 Å². The van der Waals surface area contributed by atoms with Crippen molar-refractivity contribution in [2.75, 3.05) is 27.3 Å². The third kappa shape index (κ3) is 4.52. The number of hydrogen-bond donors (Lipinski definition) is 0. The standard InChI is InChI=1S/C14H20FNO3/c1-4-8-16(10-13(17)19-3)9-11-6-5-7-12(18-2)14(11)15/h5-7H,4,8-10H2,1-3H3. The van der Waals surface area contributed by atoms with Crippen LogP contribution in [-0.4, -0.2) is 38.2 Å². The van der Waals surface area contributed by atoms with E-state index < -0.39 is 0 Å². The van der Waals surface area contributed by atoms with Gasteiger partial charge in [0, 0.05) is 12.1 Å². The van der Waals surface area contributed by atoms with Crippen LogP contribution in [0.15, 0.2) is 18.2 Å². The molecule has 5 heteroatoms. The van der Waals surface area contributed by atoms with Crippen molar-refractivity contribution in [1.29, 1.82) is 0 Å². The number of methoxy groups -OCH3 is 2. The fourth-order valence-corrected chi connectivity index (χ4v) is 1.85. The van der Waals surface area contributed by atoms with Crippen molar-refractivity contribution in [3.8, 4) is 5.75 Å². The largest absolute Gasteiger partial charge is 0.494 e. The number of esters is 1. The molecule has 4 nitrogen and oxygen atoms in total. The summed E-state index contributed by atoms with van der Waals surface area (Å²) in [4.78, 5) is 13.2. The first kappa shape index (κ1) is 15.4. The molecule has 0 aliphatic rings. The van der Waals surface area contributed by atoms with Crippen molar-refractivity contribution in [3.05, 3.63) is 29.6 Å². The van der Waals surface area contributed by atoms with Gasteiger partial charge in [0.1, 0.15) is 0 Å². The summed E-state index contributed by atoms with van der Waals surface area (Å²) < 4.78 is 23.6. The molecule has 0 aliphatic carbocycles. The van der Waals surface area contributed by atoms with E-state index in [1.165, 1.54) is 14.2 Å². The number of halogens is 1. The first-order valence-electron chi connectivity index (χ1n) is 6.22. The minimum atomic E-state index is -0.379. The van der Waals surface area contributed by atoms with Crippen LogP contribution in [0.25, 0.3) is 0 Å².